The Morgan fingerprint density at radius 1 is 1.20 bits per heavy atom. The number of hydrogen-bond donors (Lipinski definition) is 2. The first-order valence-electron chi connectivity index (χ1n) is 11.4. The molecule has 6 nitrogen and oxygen atoms in total. The summed E-state index contributed by atoms with van der Waals surface area (Å²) in [6.45, 7) is 3.76. The van der Waals surface area contributed by atoms with Crippen molar-refractivity contribution in [3.63, 3.8) is 0 Å². The van der Waals surface area contributed by atoms with Crippen molar-refractivity contribution in [2.24, 2.45) is 17.3 Å². The lowest BCUT2D eigenvalue weighted by molar-refractivity contribution is -0.592. The van der Waals surface area contributed by atoms with Crippen molar-refractivity contribution in [2.45, 2.75) is 77.2 Å². The molecule has 1 aliphatic carbocycles. The number of aryl methyl sites for hydroxylation is 1. The van der Waals surface area contributed by atoms with Gasteiger partial charge >= 0.3 is 5.97 Å². The first-order valence-corrected chi connectivity index (χ1v) is 11.4. The monoisotopic (exact) mass is 415 g/mol. The predicted molar refractivity (Wildman–Crippen MR) is 115 cm³/mol. The molecule has 2 fully saturated rings. The maximum atomic E-state index is 13.2. The molecule has 2 aliphatic rings. The van der Waals surface area contributed by atoms with Gasteiger partial charge in [-0.05, 0) is 43.6 Å². The number of carboxylic acids is 1. The second-order valence-corrected chi connectivity index (χ2v) is 9.20. The Morgan fingerprint density at radius 2 is 1.90 bits per heavy atom. The highest BCUT2D eigenvalue weighted by Gasteiger charge is 2.72. The number of carbonyl (C=O) groups is 2. The van der Waals surface area contributed by atoms with Gasteiger partial charge in [-0.25, -0.2) is 0 Å². The molecule has 0 radical (unpaired) electrons. The van der Waals surface area contributed by atoms with Gasteiger partial charge in [-0.1, -0.05) is 69.9 Å². The van der Waals surface area contributed by atoms with Gasteiger partial charge < -0.3 is 5.11 Å². The van der Waals surface area contributed by atoms with Crippen LogP contribution in [0.3, 0.4) is 0 Å². The second kappa shape index (κ2) is 9.27. The molecular weight excluding hydrogens is 380 g/mol. The SMILES string of the molecule is CCCCCCC(C(C)C(=O)O)C1(C2(CCc3ccccc3)N[N+](=O)CC2=O)CC1. The van der Waals surface area contributed by atoms with Gasteiger partial charge in [0.15, 0.2) is 5.54 Å². The molecule has 164 valence electrons. The van der Waals surface area contributed by atoms with E-state index in [-0.39, 0.29) is 18.2 Å². The predicted octanol–water partition coefficient (Wildman–Crippen LogP) is 4.31. The number of hydrogen-bond acceptors (Lipinski definition) is 3. The van der Waals surface area contributed by atoms with Crippen LogP contribution < -0.4 is 5.43 Å². The minimum atomic E-state index is -0.969. The van der Waals surface area contributed by atoms with Crippen LogP contribution in [0.2, 0.25) is 0 Å². The Balaban J connectivity index is 1.90. The topological polar surface area (TPSA) is 86.5 Å². The molecule has 3 atom stereocenters. The largest absolute Gasteiger partial charge is 0.481 e. The Bertz CT molecular complexity index is 775. The van der Waals surface area contributed by atoms with Crippen LogP contribution in [0.4, 0.5) is 0 Å². The first kappa shape index (κ1) is 22.4. The standard InChI is InChI=1S/C24H34N2O4/c1-3-4-5-9-12-20(18(2)22(28)29)23(15-16-23)24(21(27)17-26(30)25-24)14-13-19-10-7-6-8-11-19/h6-8,10-11,18,20H,3-5,9,12-17H2,1-2H3,(H-,25,28,29,30)/p+1. The smallest absolute Gasteiger partial charge is 0.306 e. The minimum Gasteiger partial charge on any atom is -0.481 e. The van der Waals surface area contributed by atoms with Crippen molar-refractivity contribution in [2.75, 3.05) is 6.54 Å². The number of hydrazine groups is 1. The van der Waals surface area contributed by atoms with E-state index in [2.05, 4.69) is 12.3 Å². The number of nitrogens with zero attached hydrogens (tertiary/aromatic N) is 1. The van der Waals surface area contributed by atoms with Crippen LogP contribution in [-0.4, -0.2) is 33.8 Å². The van der Waals surface area contributed by atoms with E-state index < -0.39 is 22.8 Å². The molecule has 3 rings (SSSR count). The van der Waals surface area contributed by atoms with Crippen molar-refractivity contribution in [1.82, 2.24) is 5.43 Å². The van der Waals surface area contributed by atoms with E-state index in [1.165, 1.54) is 0 Å². The molecule has 1 heterocycles. The Morgan fingerprint density at radius 3 is 2.43 bits per heavy atom. The highest BCUT2D eigenvalue weighted by molar-refractivity contribution is 5.92. The Kier molecular flexibility index (Phi) is 6.94. The van der Waals surface area contributed by atoms with E-state index in [9.17, 15) is 19.6 Å². The van der Waals surface area contributed by atoms with Crippen molar-refractivity contribution in [3.8, 4) is 0 Å². The highest BCUT2D eigenvalue weighted by atomic mass is 16.4. The molecule has 1 aromatic carbocycles. The highest BCUT2D eigenvalue weighted by Crippen LogP contribution is 2.64. The zero-order valence-electron chi connectivity index (χ0n) is 18.2. The van der Waals surface area contributed by atoms with Gasteiger partial charge in [0, 0.05) is 5.41 Å². The number of nitrogens with one attached hydrogen (secondary N) is 1. The fraction of sp³-hybridized carbons (Fsp3) is 0.667. The van der Waals surface area contributed by atoms with E-state index in [0.717, 1.165) is 50.5 Å². The molecule has 30 heavy (non-hydrogen) atoms. The summed E-state index contributed by atoms with van der Waals surface area (Å²) in [5, 5.41) is 9.82. The van der Waals surface area contributed by atoms with Crippen molar-refractivity contribution >= 4 is 11.8 Å². The molecule has 6 heteroatoms. The third-order valence-corrected chi connectivity index (χ3v) is 7.42. The third-order valence-electron chi connectivity index (χ3n) is 7.42. The van der Waals surface area contributed by atoms with E-state index in [0.29, 0.717) is 17.7 Å². The van der Waals surface area contributed by atoms with Crippen molar-refractivity contribution < 1.29 is 19.6 Å². The van der Waals surface area contributed by atoms with Crippen molar-refractivity contribution in [1.29, 1.82) is 0 Å². The summed E-state index contributed by atoms with van der Waals surface area (Å²) in [6.07, 6.45) is 7.86. The summed E-state index contributed by atoms with van der Waals surface area (Å²) in [5.41, 5.74) is 2.70. The number of rotatable bonds is 12. The molecule has 1 aromatic rings. The Hall–Kier alpha value is -2.24. The second-order valence-electron chi connectivity index (χ2n) is 9.20. The van der Waals surface area contributed by atoms with Gasteiger partial charge in [0.2, 0.25) is 5.78 Å². The van der Waals surface area contributed by atoms with E-state index in [4.69, 9.17) is 0 Å². The minimum absolute atomic E-state index is 0.0814. The average Bonchev–Trinajstić information content (AvgIpc) is 3.47. The number of ketones is 1. The van der Waals surface area contributed by atoms with Crippen LogP contribution in [-0.2, 0) is 16.0 Å². The molecular formula is C24H35N2O4+. The van der Waals surface area contributed by atoms with Crippen LogP contribution >= 0.6 is 0 Å². The van der Waals surface area contributed by atoms with Gasteiger partial charge in [0.1, 0.15) is 4.87 Å². The maximum Gasteiger partial charge on any atom is 0.306 e. The fourth-order valence-electron chi connectivity index (χ4n) is 5.61. The first-order chi connectivity index (χ1) is 14.4. The van der Waals surface area contributed by atoms with Gasteiger partial charge in [-0.3, -0.25) is 9.59 Å². The summed E-state index contributed by atoms with van der Waals surface area (Å²) in [4.78, 5) is 38.1. The van der Waals surface area contributed by atoms with Gasteiger partial charge in [-0.2, -0.15) is 0 Å². The molecule has 1 aliphatic heterocycles. The van der Waals surface area contributed by atoms with Gasteiger partial charge in [0.25, 0.3) is 6.54 Å². The Labute approximate surface area is 179 Å². The van der Waals surface area contributed by atoms with Crippen LogP contribution in [0.1, 0.15) is 70.8 Å². The maximum absolute atomic E-state index is 13.2. The van der Waals surface area contributed by atoms with Crippen LogP contribution in [0.5, 0.6) is 0 Å². The molecule has 3 unspecified atom stereocenters. The van der Waals surface area contributed by atoms with E-state index >= 15 is 0 Å². The number of benzene rings is 1. The van der Waals surface area contributed by atoms with E-state index in [1.807, 2.05) is 30.3 Å². The van der Waals surface area contributed by atoms with Crippen LogP contribution in [0, 0.1) is 22.2 Å². The summed E-state index contributed by atoms with van der Waals surface area (Å²) >= 11 is 0. The van der Waals surface area contributed by atoms with Gasteiger partial charge in [0.05, 0.1) is 10.8 Å². The molecule has 0 spiro atoms. The summed E-state index contributed by atoms with van der Waals surface area (Å²) in [5.74, 6) is -1.56. The lowest BCUT2D eigenvalue weighted by Gasteiger charge is -2.40. The normalized spacial score (nSPS) is 24.3. The number of carbonyl (C=O) groups excluding carboxylic acids is 1. The summed E-state index contributed by atoms with van der Waals surface area (Å²) < 4.78 is 0. The zero-order chi connectivity index (χ0) is 21.8. The molecule has 0 aromatic heterocycles. The lowest BCUT2D eigenvalue weighted by Crippen LogP contribution is -2.58. The average molecular weight is 416 g/mol. The zero-order valence-corrected chi connectivity index (χ0v) is 18.2. The van der Waals surface area contributed by atoms with E-state index in [1.54, 1.807) is 6.92 Å². The summed E-state index contributed by atoms with van der Waals surface area (Å²) in [6, 6.07) is 9.97. The molecule has 0 bridgehead atoms. The molecule has 1 saturated heterocycles. The van der Waals surface area contributed by atoms with Gasteiger partial charge in [-0.15, -0.1) is 5.43 Å². The molecule has 0 amide bonds. The summed E-state index contributed by atoms with van der Waals surface area (Å²) in [7, 11) is 0. The van der Waals surface area contributed by atoms with Crippen LogP contribution in [0.25, 0.3) is 0 Å². The van der Waals surface area contributed by atoms with Crippen molar-refractivity contribution in [3.05, 3.63) is 40.8 Å². The quantitative estimate of drug-likeness (QED) is 0.392. The number of Topliss-reactive ketones (excluding diaryl/α,β-unsaturated/α-hetero) is 1. The number of nitroso groups, excluding NO2 is 1. The number of aliphatic carboxylic acids is 1. The molecule has 1 saturated carbocycles. The fourth-order valence-corrected chi connectivity index (χ4v) is 5.61. The number of carboxylic acid groups (broad SMARTS) is 1. The van der Waals surface area contributed by atoms with Crippen LogP contribution in [0.15, 0.2) is 30.3 Å². The third kappa shape index (κ3) is 4.28. The number of unbranched alkanes of at least 4 members (excludes halogenated alkanes) is 3. The lowest BCUT2D eigenvalue weighted by atomic mass is 9.63. The molecule has 2 N–H and O–H groups in total.